The van der Waals surface area contributed by atoms with Gasteiger partial charge in [-0.25, -0.2) is 0 Å². The van der Waals surface area contributed by atoms with Gasteiger partial charge in [-0.2, -0.15) is 11.8 Å². The fourth-order valence-electron chi connectivity index (χ4n) is 1.54. The van der Waals surface area contributed by atoms with Crippen LogP contribution in [0, 0.1) is 11.3 Å². The Morgan fingerprint density at radius 3 is 2.39 bits per heavy atom. The number of thioether (sulfide) groups is 2. The summed E-state index contributed by atoms with van der Waals surface area (Å²) in [5.41, 5.74) is -0.271. The van der Waals surface area contributed by atoms with Crippen molar-refractivity contribution in [2.75, 3.05) is 24.3 Å². The summed E-state index contributed by atoms with van der Waals surface area (Å²) in [6.45, 7) is 8.02. The molecule has 18 heavy (non-hydrogen) atoms. The Labute approximate surface area is 118 Å². The van der Waals surface area contributed by atoms with Gasteiger partial charge in [0.15, 0.2) is 0 Å². The molecule has 0 aliphatic rings. The van der Waals surface area contributed by atoms with Gasteiger partial charge in [0, 0.05) is 18.6 Å². The van der Waals surface area contributed by atoms with Gasteiger partial charge in [-0.1, -0.05) is 32.9 Å². The van der Waals surface area contributed by atoms with Crippen molar-refractivity contribution in [2.45, 2.75) is 27.7 Å². The van der Waals surface area contributed by atoms with Crippen molar-refractivity contribution in [3.8, 4) is 0 Å². The van der Waals surface area contributed by atoms with E-state index in [1.54, 1.807) is 7.05 Å². The predicted octanol–water partition coefficient (Wildman–Crippen LogP) is 2.67. The van der Waals surface area contributed by atoms with Gasteiger partial charge in [-0.05, 0) is 11.2 Å². The highest BCUT2D eigenvalue weighted by Crippen LogP contribution is 2.31. The second kappa shape index (κ2) is 8.69. The molecule has 0 aromatic heterocycles. The highest BCUT2D eigenvalue weighted by Gasteiger charge is 2.35. The number of carbonyl (C=O) groups excluding carboxylic acids is 1. The zero-order chi connectivity index (χ0) is 14.2. The van der Waals surface area contributed by atoms with E-state index in [9.17, 15) is 4.79 Å². The summed E-state index contributed by atoms with van der Waals surface area (Å²) >= 11 is 3.29. The quantitative estimate of drug-likeness (QED) is 0.260. The molecule has 0 bridgehead atoms. The van der Waals surface area contributed by atoms with Gasteiger partial charge in [0.25, 0.3) is 0 Å². The summed E-state index contributed by atoms with van der Waals surface area (Å²) in [4.78, 5) is 11.9. The summed E-state index contributed by atoms with van der Waals surface area (Å²) in [6, 6.07) is 0. The summed E-state index contributed by atoms with van der Waals surface area (Å²) < 4.78 is 0. The van der Waals surface area contributed by atoms with Crippen molar-refractivity contribution >= 4 is 34.5 Å². The molecule has 0 aromatic carbocycles. The van der Waals surface area contributed by atoms with Gasteiger partial charge < -0.3 is 10.5 Å². The average Bonchev–Trinajstić information content (AvgIpc) is 2.30. The number of carbonyl (C=O) groups is 1. The van der Waals surface area contributed by atoms with E-state index >= 15 is 0 Å². The lowest BCUT2D eigenvalue weighted by atomic mass is 9.81. The molecule has 2 N–H and O–H groups in total. The van der Waals surface area contributed by atoms with E-state index in [0.29, 0.717) is 5.04 Å². The topological polar surface area (TPSA) is 61.7 Å². The fraction of sp³-hybridized carbons (Fsp3) is 0.833. The molecular formula is C12H24N2O2S2. The molecule has 0 spiro atoms. The number of amides is 1. The molecule has 0 aromatic rings. The molecule has 6 heteroatoms. The van der Waals surface area contributed by atoms with Crippen LogP contribution in [-0.2, 0) is 4.79 Å². The van der Waals surface area contributed by atoms with Crippen LogP contribution < -0.4 is 5.32 Å². The largest absolute Gasteiger partial charge is 0.410 e. The normalized spacial score (nSPS) is 14.4. The van der Waals surface area contributed by atoms with Crippen LogP contribution in [0.1, 0.15) is 27.7 Å². The van der Waals surface area contributed by atoms with Gasteiger partial charge in [0.2, 0.25) is 5.91 Å². The van der Waals surface area contributed by atoms with Crippen molar-refractivity contribution < 1.29 is 10.0 Å². The molecule has 106 valence electrons. The molecule has 1 atom stereocenters. The van der Waals surface area contributed by atoms with Crippen LogP contribution in [0.4, 0.5) is 0 Å². The number of nitrogens with one attached hydrogen (secondary N) is 1. The SMILES string of the molecule is CCSCCS/C(=N\O)C(C(=O)NC)C(C)(C)C. The molecule has 0 radical (unpaired) electrons. The van der Waals surface area contributed by atoms with E-state index in [1.165, 1.54) is 11.8 Å². The predicted molar refractivity (Wildman–Crippen MR) is 81.7 cm³/mol. The first-order valence-corrected chi connectivity index (χ1v) is 8.16. The minimum absolute atomic E-state index is 0.106. The van der Waals surface area contributed by atoms with Crippen LogP contribution in [0.3, 0.4) is 0 Å². The highest BCUT2D eigenvalue weighted by atomic mass is 32.2. The third-order valence-electron chi connectivity index (χ3n) is 2.40. The first-order chi connectivity index (χ1) is 8.38. The molecule has 0 rings (SSSR count). The Balaban J connectivity index is 4.70. The lowest BCUT2D eigenvalue weighted by Gasteiger charge is -2.29. The van der Waals surface area contributed by atoms with Crippen LogP contribution >= 0.6 is 23.5 Å². The molecule has 1 unspecified atom stereocenters. The maximum Gasteiger partial charge on any atom is 0.230 e. The highest BCUT2D eigenvalue weighted by molar-refractivity contribution is 8.14. The van der Waals surface area contributed by atoms with Crippen molar-refractivity contribution in [3.05, 3.63) is 0 Å². The van der Waals surface area contributed by atoms with E-state index in [-0.39, 0.29) is 11.3 Å². The zero-order valence-corrected chi connectivity index (χ0v) is 13.5. The number of oxime groups is 1. The van der Waals surface area contributed by atoms with Crippen molar-refractivity contribution in [1.82, 2.24) is 5.32 Å². The Morgan fingerprint density at radius 1 is 1.39 bits per heavy atom. The second-order valence-electron chi connectivity index (χ2n) is 4.90. The standard InChI is InChI=1S/C12H24N2O2S2/c1-6-17-7-8-18-11(14-16)9(10(15)13-5)12(2,3)4/h9,16H,6-8H2,1-5H3,(H,13,15)/b14-11-. The summed E-state index contributed by atoms with van der Waals surface area (Å²) in [7, 11) is 1.60. The van der Waals surface area contributed by atoms with Crippen molar-refractivity contribution in [3.63, 3.8) is 0 Å². The third kappa shape index (κ3) is 6.00. The van der Waals surface area contributed by atoms with Crippen LogP contribution in [0.5, 0.6) is 0 Å². The maximum absolute atomic E-state index is 11.9. The van der Waals surface area contributed by atoms with Gasteiger partial charge in [0.1, 0.15) is 5.04 Å². The lowest BCUT2D eigenvalue weighted by molar-refractivity contribution is -0.124. The van der Waals surface area contributed by atoms with Crippen LogP contribution in [0.2, 0.25) is 0 Å². The number of hydrogen-bond donors (Lipinski definition) is 2. The molecule has 0 aliphatic carbocycles. The van der Waals surface area contributed by atoms with Crippen LogP contribution in [0.15, 0.2) is 5.16 Å². The fourth-order valence-corrected chi connectivity index (χ4v) is 3.53. The van der Waals surface area contributed by atoms with E-state index in [1.807, 2.05) is 32.5 Å². The molecule has 0 saturated heterocycles. The van der Waals surface area contributed by atoms with Crippen molar-refractivity contribution in [2.24, 2.45) is 16.5 Å². The van der Waals surface area contributed by atoms with E-state index in [2.05, 4.69) is 17.4 Å². The summed E-state index contributed by atoms with van der Waals surface area (Å²) in [5, 5.41) is 15.6. The number of hydrogen-bond acceptors (Lipinski definition) is 5. The molecule has 1 amide bonds. The zero-order valence-electron chi connectivity index (χ0n) is 11.8. The first-order valence-electron chi connectivity index (χ1n) is 6.02. The molecule has 4 nitrogen and oxygen atoms in total. The lowest BCUT2D eigenvalue weighted by Crippen LogP contribution is -2.40. The Kier molecular flexibility index (Phi) is 8.52. The van der Waals surface area contributed by atoms with Crippen LogP contribution in [0.25, 0.3) is 0 Å². The monoisotopic (exact) mass is 292 g/mol. The summed E-state index contributed by atoms with van der Waals surface area (Å²) in [6.07, 6.45) is 0. The number of rotatable bonds is 6. The minimum Gasteiger partial charge on any atom is -0.410 e. The molecule has 0 saturated carbocycles. The Hall–Kier alpha value is -0.360. The minimum atomic E-state index is -0.413. The molecule has 0 aliphatic heterocycles. The Bertz CT molecular complexity index is 288. The molecular weight excluding hydrogens is 268 g/mol. The Morgan fingerprint density at radius 2 is 2.00 bits per heavy atom. The second-order valence-corrected chi connectivity index (χ2v) is 7.41. The van der Waals surface area contributed by atoms with Crippen molar-refractivity contribution in [1.29, 1.82) is 0 Å². The van der Waals surface area contributed by atoms with Gasteiger partial charge >= 0.3 is 0 Å². The molecule has 0 fully saturated rings. The van der Waals surface area contributed by atoms with Gasteiger partial charge in [0.05, 0.1) is 5.92 Å². The van der Waals surface area contributed by atoms with E-state index < -0.39 is 5.92 Å². The smallest absolute Gasteiger partial charge is 0.230 e. The number of nitrogens with zero attached hydrogens (tertiary/aromatic N) is 1. The van der Waals surface area contributed by atoms with Gasteiger partial charge in [-0.3, -0.25) is 4.79 Å². The average molecular weight is 292 g/mol. The maximum atomic E-state index is 11.9. The van der Waals surface area contributed by atoms with Gasteiger partial charge in [-0.15, -0.1) is 11.8 Å². The van der Waals surface area contributed by atoms with Crippen LogP contribution in [-0.4, -0.2) is 40.5 Å². The van der Waals surface area contributed by atoms with E-state index in [4.69, 9.17) is 5.21 Å². The first kappa shape index (κ1) is 17.6. The molecule has 0 heterocycles. The summed E-state index contributed by atoms with van der Waals surface area (Å²) in [5.74, 6) is 2.39. The van der Waals surface area contributed by atoms with E-state index in [0.717, 1.165) is 17.3 Å². The third-order valence-corrected chi connectivity index (χ3v) is 4.58.